The van der Waals surface area contributed by atoms with E-state index in [9.17, 15) is 0 Å². The summed E-state index contributed by atoms with van der Waals surface area (Å²) in [5, 5.41) is 0. The normalized spacial score (nSPS) is 28.3. The second kappa shape index (κ2) is 1.49. The summed E-state index contributed by atoms with van der Waals surface area (Å²) in [7, 11) is 0. The van der Waals surface area contributed by atoms with Crippen LogP contribution in [0.25, 0.3) is 0 Å². The number of allylic oxidation sites excluding steroid dienone is 1. The summed E-state index contributed by atoms with van der Waals surface area (Å²) >= 11 is 0. The minimum Gasteiger partial charge on any atom is -0.252 e. The lowest BCUT2D eigenvalue weighted by Crippen LogP contribution is -1.93. The molecule has 0 N–H and O–H groups in total. The van der Waals surface area contributed by atoms with Gasteiger partial charge in [0.2, 0.25) is 0 Å². The monoisotopic (exact) mass is 97.1 g/mol. The molecule has 1 atom stereocenters. The van der Waals surface area contributed by atoms with Gasteiger partial charge in [0, 0.05) is 19.1 Å². The van der Waals surface area contributed by atoms with Crippen LogP contribution in [0.3, 0.4) is 0 Å². The van der Waals surface area contributed by atoms with Crippen molar-refractivity contribution < 1.29 is 4.42 Å². The van der Waals surface area contributed by atoms with Gasteiger partial charge in [-0.15, -0.1) is 0 Å². The largest absolute Gasteiger partial charge is 0.317 e. The van der Waals surface area contributed by atoms with Gasteiger partial charge >= 0.3 is 5.78 Å². The van der Waals surface area contributed by atoms with Crippen LogP contribution in [0.1, 0.15) is 13.8 Å². The van der Waals surface area contributed by atoms with Crippen LogP contribution in [0.4, 0.5) is 0 Å². The molecule has 1 heterocycles. The topological polar surface area (TPSA) is 11.3 Å². The first-order valence-corrected chi connectivity index (χ1v) is 2.47. The molecule has 1 aliphatic rings. The van der Waals surface area contributed by atoms with Crippen LogP contribution in [0.5, 0.6) is 0 Å². The molecule has 0 spiro atoms. The van der Waals surface area contributed by atoms with Crippen molar-refractivity contribution in [1.29, 1.82) is 0 Å². The highest BCUT2D eigenvalue weighted by atomic mass is 16.4. The zero-order chi connectivity index (χ0) is 5.28. The first kappa shape index (κ1) is 4.57. The maximum absolute atomic E-state index is 5.17. The second-order valence-corrected chi connectivity index (χ2v) is 1.79. The quantitative estimate of drug-likeness (QED) is 0.400. The van der Waals surface area contributed by atoms with Crippen LogP contribution < -0.4 is 0 Å². The van der Waals surface area contributed by atoms with E-state index >= 15 is 0 Å². The predicted molar refractivity (Wildman–Crippen MR) is 29.3 cm³/mol. The van der Waals surface area contributed by atoms with E-state index in [1.54, 1.807) is 0 Å². The molecule has 1 nitrogen and oxygen atoms in total. The molecule has 0 saturated heterocycles. The van der Waals surface area contributed by atoms with Gasteiger partial charge in [-0.1, -0.05) is 0 Å². The molecule has 0 aromatic heterocycles. The smallest absolute Gasteiger partial charge is 0.252 e. The summed E-state index contributed by atoms with van der Waals surface area (Å²) in [5.41, 5.74) is 0. The molecule has 0 bridgehead atoms. The molecule has 0 radical (unpaired) electrons. The molecular weight excluding hydrogens is 88.1 g/mol. The van der Waals surface area contributed by atoms with E-state index < -0.39 is 0 Å². The number of hydrogen-bond donors (Lipinski definition) is 0. The number of rotatable bonds is 0. The van der Waals surface area contributed by atoms with Gasteiger partial charge in [-0.05, 0) is 0 Å². The van der Waals surface area contributed by atoms with Crippen LogP contribution >= 0.6 is 0 Å². The first-order valence-electron chi connectivity index (χ1n) is 2.47. The highest BCUT2D eigenvalue weighted by Gasteiger charge is 2.13. The van der Waals surface area contributed by atoms with Gasteiger partial charge < -0.3 is 0 Å². The molecule has 7 heavy (non-hydrogen) atoms. The van der Waals surface area contributed by atoms with Gasteiger partial charge in [0.25, 0.3) is 6.10 Å². The summed E-state index contributed by atoms with van der Waals surface area (Å²) in [6.07, 6.45) is 4.33. The molecule has 1 aliphatic heterocycles. The van der Waals surface area contributed by atoms with Crippen molar-refractivity contribution in [2.45, 2.75) is 20.0 Å². The van der Waals surface area contributed by atoms with Crippen LogP contribution in [0.15, 0.2) is 12.2 Å². The van der Waals surface area contributed by atoms with Crippen molar-refractivity contribution in [3.05, 3.63) is 12.2 Å². The Labute approximate surface area is 43.3 Å². The lowest BCUT2D eigenvalue weighted by molar-refractivity contribution is -0.479. The van der Waals surface area contributed by atoms with E-state index in [4.69, 9.17) is 4.42 Å². The van der Waals surface area contributed by atoms with E-state index in [1.807, 2.05) is 26.0 Å². The van der Waals surface area contributed by atoms with Crippen molar-refractivity contribution in [3.63, 3.8) is 0 Å². The van der Waals surface area contributed by atoms with Crippen LogP contribution in [-0.2, 0) is 4.42 Å². The minimum atomic E-state index is 0.306. The zero-order valence-corrected chi connectivity index (χ0v) is 4.64. The van der Waals surface area contributed by atoms with Crippen molar-refractivity contribution >= 4 is 5.78 Å². The van der Waals surface area contributed by atoms with Gasteiger partial charge in [-0.3, -0.25) is 4.42 Å². The van der Waals surface area contributed by atoms with Gasteiger partial charge in [-0.2, -0.15) is 0 Å². The fraction of sp³-hybridized carbons (Fsp3) is 0.500. The summed E-state index contributed by atoms with van der Waals surface area (Å²) in [6.45, 7) is 3.98. The molecule has 1 unspecified atom stereocenters. The molecule has 1 rings (SSSR count). The van der Waals surface area contributed by atoms with Gasteiger partial charge in [0.05, 0.1) is 6.92 Å². The van der Waals surface area contributed by atoms with Crippen molar-refractivity contribution in [2.24, 2.45) is 0 Å². The molecular formula is C6H9O+. The van der Waals surface area contributed by atoms with Crippen molar-refractivity contribution in [3.8, 4) is 0 Å². The van der Waals surface area contributed by atoms with Gasteiger partial charge in [0.1, 0.15) is 0 Å². The van der Waals surface area contributed by atoms with Gasteiger partial charge in [0.15, 0.2) is 0 Å². The Morgan fingerprint density at radius 3 is 2.57 bits per heavy atom. The number of ketones is 1. The molecule has 0 fully saturated rings. The molecule has 38 valence electrons. The molecule has 0 saturated carbocycles. The van der Waals surface area contributed by atoms with E-state index in [-0.39, 0.29) is 0 Å². The van der Waals surface area contributed by atoms with Crippen molar-refractivity contribution in [2.75, 3.05) is 0 Å². The van der Waals surface area contributed by atoms with E-state index in [0.29, 0.717) is 6.10 Å². The Bertz CT molecular complexity index is 122. The highest BCUT2D eigenvalue weighted by molar-refractivity contribution is 5.88. The average Bonchev–Trinajstić information content (AvgIpc) is 1.87. The maximum Gasteiger partial charge on any atom is 0.317 e. The van der Waals surface area contributed by atoms with Crippen LogP contribution in [0.2, 0.25) is 0 Å². The Kier molecular flexibility index (Phi) is 0.970. The summed E-state index contributed by atoms with van der Waals surface area (Å²) in [4.78, 5) is 0. The minimum absolute atomic E-state index is 0.306. The third-order valence-corrected chi connectivity index (χ3v) is 0.974. The summed E-state index contributed by atoms with van der Waals surface area (Å²) in [6, 6.07) is 0. The summed E-state index contributed by atoms with van der Waals surface area (Å²) < 4.78 is 5.17. The number of carbonyl (C=O) groups excluding carboxylic acids is 1. The third-order valence-electron chi connectivity index (χ3n) is 0.974. The molecule has 0 aromatic carbocycles. The molecule has 0 aromatic rings. The highest BCUT2D eigenvalue weighted by Crippen LogP contribution is 1.95. The van der Waals surface area contributed by atoms with Crippen LogP contribution in [-0.4, -0.2) is 11.9 Å². The molecule has 1 heteroatoms. The average molecular weight is 97.1 g/mol. The fourth-order valence-electron chi connectivity index (χ4n) is 0.643. The Morgan fingerprint density at radius 1 is 1.71 bits per heavy atom. The lowest BCUT2D eigenvalue weighted by Gasteiger charge is -1.73. The van der Waals surface area contributed by atoms with Crippen LogP contribution in [0, 0.1) is 0 Å². The molecule has 0 amide bonds. The number of hydrogen-bond acceptors (Lipinski definition) is 0. The zero-order valence-electron chi connectivity index (χ0n) is 4.64. The standard InChI is InChI=1S/C6H9O/c1-5-3-4-6(2)7-5/h3-5H,1-2H3/q+1. The fourth-order valence-corrected chi connectivity index (χ4v) is 0.643. The van der Waals surface area contributed by atoms with Gasteiger partial charge in [-0.25, -0.2) is 0 Å². The second-order valence-electron chi connectivity index (χ2n) is 1.79. The summed E-state index contributed by atoms with van der Waals surface area (Å²) in [5.74, 6) is 1.02. The van der Waals surface area contributed by atoms with Crippen molar-refractivity contribution in [1.82, 2.24) is 0 Å². The first-order chi connectivity index (χ1) is 3.29. The van der Waals surface area contributed by atoms with E-state index in [0.717, 1.165) is 5.78 Å². The lowest BCUT2D eigenvalue weighted by atomic mass is 10.3. The van der Waals surface area contributed by atoms with E-state index in [1.165, 1.54) is 0 Å². The maximum atomic E-state index is 5.17. The third kappa shape index (κ3) is 0.889. The Morgan fingerprint density at radius 2 is 2.43 bits per heavy atom. The Hall–Kier alpha value is -0.590. The molecule has 0 aliphatic carbocycles. The SMILES string of the molecule is CC1=[O+]C(C)C=C1. The predicted octanol–water partition coefficient (Wildman–Crippen LogP) is 1.07. The van der Waals surface area contributed by atoms with E-state index in [2.05, 4.69) is 0 Å². The Balaban J connectivity index is 2.69.